The van der Waals surface area contributed by atoms with Gasteiger partial charge in [-0.25, -0.2) is 9.86 Å². The third kappa shape index (κ3) is 7.84. The van der Waals surface area contributed by atoms with Gasteiger partial charge in [-0.3, -0.25) is 19.5 Å². The Morgan fingerprint density at radius 3 is 2.73 bits per heavy atom. The fourth-order valence-electron chi connectivity index (χ4n) is 4.10. The number of rotatable bonds is 13. The highest BCUT2D eigenvalue weighted by Gasteiger charge is 2.33. The van der Waals surface area contributed by atoms with Crippen molar-refractivity contribution in [2.45, 2.75) is 50.7 Å². The van der Waals surface area contributed by atoms with Crippen LogP contribution in [0, 0.1) is 0 Å². The van der Waals surface area contributed by atoms with Crippen molar-refractivity contribution in [2.75, 3.05) is 25.2 Å². The van der Waals surface area contributed by atoms with Crippen molar-refractivity contribution < 1.29 is 19.5 Å². The van der Waals surface area contributed by atoms with Crippen molar-refractivity contribution in [3.05, 3.63) is 66.0 Å². The molecule has 2 heterocycles. The highest BCUT2D eigenvalue weighted by molar-refractivity contribution is 7.98. The van der Waals surface area contributed by atoms with E-state index in [-0.39, 0.29) is 18.4 Å². The van der Waals surface area contributed by atoms with Gasteiger partial charge in [-0.15, -0.1) is 0 Å². The van der Waals surface area contributed by atoms with Crippen LogP contribution in [-0.2, 0) is 27.4 Å². The third-order valence-electron chi connectivity index (χ3n) is 5.89. The first kappa shape index (κ1) is 25.2. The van der Waals surface area contributed by atoms with Gasteiger partial charge in [-0.1, -0.05) is 36.4 Å². The number of likely N-dealkylation sites (tertiary alicyclic amines) is 1. The van der Waals surface area contributed by atoms with E-state index in [0.29, 0.717) is 25.2 Å². The van der Waals surface area contributed by atoms with Gasteiger partial charge in [0.2, 0.25) is 5.91 Å². The molecule has 0 radical (unpaired) electrons. The monoisotopic (exact) mass is 471 g/mol. The Morgan fingerprint density at radius 1 is 1.24 bits per heavy atom. The molecule has 1 N–H and O–H groups in total. The predicted octanol–water partition coefficient (Wildman–Crippen LogP) is 3.65. The molecule has 8 heteroatoms. The van der Waals surface area contributed by atoms with Crippen LogP contribution in [0.5, 0.6) is 0 Å². The van der Waals surface area contributed by atoms with Gasteiger partial charge in [0, 0.05) is 31.4 Å². The Bertz CT molecular complexity index is 868. The maximum atomic E-state index is 13.1. The Hall–Kier alpha value is -2.42. The summed E-state index contributed by atoms with van der Waals surface area (Å²) in [5, 5.41) is 11.0. The molecule has 1 fully saturated rings. The van der Waals surface area contributed by atoms with E-state index in [2.05, 4.69) is 9.88 Å². The number of hydrogen-bond acceptors (Lipinski definition) is 6. The fraction of sp³-hybridized carbons (Fsp3) is 0.480. The van der Waals surface area contributed by atoms with E-state index in [4.69, 9.17) is 4.84 Å². The minimum Gasteiger partial charge on any atom is -0.480 e. The largest absolute Gasteiger partial charge is 0.480 e. The Kier molecular flexibility index (Phi) is 10.2. The molecule has 2 aromatic rings. The molecule has 1 saturated heterocycles. The lowest BCUT2D eigenvalue weighted by Gasteiger charge is -2.31. The van der Waals surface area contributed by atoms with E-state index in [1.54, 1.807) is 18.0 Å². The van der Waals surface area contributed by atoms with Crippen molar-refractivity contribution in [1.29, 1.82) is 0 Å². The molecule has 1 unspecified atom stereocenters. The maximum absolute atomic E-state index is 13.1. The number of hydrogen-bond donors (Lipinski definition) is 1. The second kappa shape index (κ2) is 13.3. The molecule has 1 aliphatic rings. The topological polar surface area (TPSA) is 83.0 Å². The minimum atomic E-state index is -1.03. The van der Waals surface area contributed by atoms with Crippen LogP contribution >= 0.6 is 11.8 Å². The summed E-state index contributed by atoms with van der Waals surface area (Å²) in [6.07, 6.45) is 8.64. The van der Waals surface area contributed by atoms with Crippen LogP contribution in [0.1, 0.15) is 36.8 Å². The zero-order valence-electron chi connectivity index (χ0n) is 19.1. The van der Waals surface area contributed by atoms with Gasteiger partial charge in [-0.05, 0) is 61.4 Å². The molecule has 178 valence electrons. The van der Waals surface area contributed by atoms with Crippen molar-refractivity contribution in [3.63, 3.8) is 0 Å². The number of pyridine rings is 1. The van der Waals surface area contributed by atoms with Crippen molar-refractivity contribution in [1.82, 2.24) is 14.9 Å². The highest BCUT2D eigenvalue weighted by Crippen LogP contribution is 2.22. The van der Waals surface area contributed by atoms with E-state index in [1.165, 1.54) is 0 Å². The van der Waals surface area contributed by atoms with Crippen LogP contribution in [0.3, 0.4) is 0 Å². The SMILES string of the molecule is CSCC[C@@H](C(=O)O)N(OCC1CCCN1Cc1cccnc1)C(=O)CCc1ccccc1. The molecule has 7 nitrogen and oxygen atoms in total. The number of amides is 1. The lowest BCUT2D eigenvalue weighted by molar-refractivity contribution is -0.211. The number of aromatic nitrogens is 1. The zero-order valence-corrected chi connectivity index (χ0v) is 20.0. The second-order valence-corrected chi connectivity index (χ2v) is 9.25. The van der Waals surface area contributed by atoms with Gasteiger partial charge in [0.1, 0.15) is 0 Å². The Labute approximate surface area is 200 Å². The molecule has 33 heavy (non-hydrogen) atoms. The summed E-state index contributed by atoms with van der Waals surface area (Å²) >= 11 is 1.56. The summed E-state index contributed by atoms with van der Waals surface area (Å²) in [5.41, 5.74) is 2.17. The number of carbonyl (C=O) groups excluding carboxylic acids is 1. The first-order valence-corrected chi connectivity index (χ1v) is 12.8. The lowest BCUT2D eigenvalue weighted by Crippen LogP contribution is -2.47. The zero-order chi connectivity index (χ0) is 23.5. The normalized spacial score (nSPS) is 17.1. The van der Waals surface area contributed by atoms with Gasteiger partial charge < -0.3 is 5.11 Å². The molecule has 0 aliphatic carbocycles. The Balaban J connectivity index is 1.65. The molecular weight excluding hydrogens is 438 g/mol. The summed E-state index contributed by atoms with van der Waals surface area (Å²) in [5.74, 6) is -0.681. The molecule has 0 spiro atoms. The van der Waals surface area contributed by atoms with Crippen LogP contribution in [0.15, 0.2) is 54.9 Å². The van der Waals surface area contributed by atoms with Gasteiger partial charge in [-0.2, -0.15) is 11.8 Å². The smallest absolute Gasteiger partial charge is 0.329 e. The van der Waals surface area contributed by atoms with E-state index < -0.39 is 12.0 Å². The highest BCUT2D eigenvalue weighted by atomic mass is 32.2. The number of thioether (sulfide) groups is 1. The summed E-state index contributed by atoms with van der Waals surface area (Å²) in [7, 11) is 0. The number of nitrogens with zero attached hydrogens (tertiary/aromatic N) is 3. The van der Waals surface area contributed by atoms with Gasteiger partial charge in [0.05, 0.1) is 6.61 Å². The van der Waals surface area contributed by atoms with Crippen LogP contribution in [0.25, 0.3) is 0 Å². The van der Waals surface area contributed by atoms with E-state index in [0.717, 1.165) is 42.1 Å². The van der Waals surface area contributed by atoms with Gasteiger partial charge in [0.25, 0.3) is 0 Å². The van der Waals surface area contributed by atoms with E-state index in [9.17, 15) is 14.7 Å². The van der Waals surface area contributed by atoms with E-state index in [1.807, 2.05) is 54.9 Å². The predicted molar refractivity (Wildman–Crippen MR) is 130 cm³/mol. The first-order valence-electron chi connectivity index (χ1n) is 11.4. The molecule has 1 aliphatic heterocycles. The standard InChI is InChI=1S/C25H33N3O4S/c1-33-16-13-23(25(30)31)28(24(29)12-11-20-7-3-2-4-8-20)32-19-22-10-6-15-27(22)18-21-9-5-14-26-17-21/h2-5,7-9,14,17,22-23H,6,10-13,15-16,18-19H2,1H3,(H,30,31)/t22?,23-/m0/s1. The number of carbonyl (C=O) groups is 2. The average molecular weight is 472 g/mol. The molecule has 0 saturated carbocycles. The van der Waals surface area contributed by atoms with Crippen LogP contribution in [0.2, 0.25) is 0 Å². The van der Waals surface area contributed by atoms with Crippen LogP contribution in [-0.4, -0.2) is 69.2 Å². The molecular formula is C25H33N3O4S. The number of carboxylic acid groups (broad SMARTS) is 1. The number of aliphatic carboxylic acids is 1. The van der Waals surface area contributed by atoms with Gasteiger partial charge in [0.15, 0.2) is 6.04 Å². The van der Waals surface area contributed by atoms with Crippen molar-refractivity contribution >= 4 is 23.6 Å². The van der Waals surface area contributed by atoms with Gasteiger partial charge >= 0.3 is 5.97 Å². The molecule has 3 rings (SSSR count). The van der Waals surface area contributed by atoms with Crippen molar-refractivity contribution in [3.8, 4) is 0 Å². The summed E-state index contributed by atoms with van der Waals surface area (Å²) in [6, 6.07) is 12.8. The number of hydroxylamine groups is 2. The third-order valence-corrected chi connectivity index (χ3v) is 6.54. The van der Waals surface area contributed by atoms with E-state index >= 15 is 0 Å². The van der Waals surface area contributed by atoms with Crippen LogP contribution < -0.4 is 0 Å². The number of benzene rings is 1. The second-order valence-electron chi connectivity index (χ2n) is 8.26. The lowest BCUT2D eigenvalue weighted by atomic mass is 10.1. The minimum absolute atomic E-state index is 0.129. The molecule has 2 atom stereocenters. The maximum Gasteiger partial charge on any atom is 0.329 e. The fourth-order valence-corrected chi connectivity index (χ4v) is 4.56. The average Bonchev–Trinajstić information content (AvgIpc) is 3.27. The van der Waals surface area contributed by atoms with Crippen molar-refractivity contribution in [2.24, 2.45) is 0 Å². The number of aryl methyl sites for hydroxylation is 1. The molecule has 1 amide bonds. The summed E-state index contributed by atoms with van der Waals surface area (Å²) in [4.78, 5) is 37.6. The summed E-state index contributed by atoms with van der Waals surface area (Å²) < 4.78 is 0. The molecule has 1 aromatic heterocycles. The summed E-state index contributed by atoms with van der Waals surface area (Å²) in [6.45, 7) is 2.00. The Morgan fingerprint density at radius 2 is 2.03 bits per heavy atom. The molecule has 0 bridgehead atoms. The first-order chi connectivity index (χ1) is 16.1. The quantitative estimate of drug-likeness (QED) is 0.447. The van der Waals surface area contributed by atoms with Crippen LogP contribution in [0.4, 0.5) is 0 Å². The molecule has 1 aromatic carbocycles. The number of carboxylic acids is 1.